The van der Waals surface area contributed by atoms with Gasteiger partial charge >= 0.3 is 0 Å². The highest BCUT2D eigenvalue weighted by molar-refractivity contribution is 6.05. The lowest BCUT2D eigenvalue weighted by molar-refractivity contribution is -0.136. The van der Waals surface area contributed by atoms with Gasteiger partial charge in [-0.05, 0) is 35.2 Å². The van der Waals surface area contributed by atoms with Crippen molar-refractivity contribution in [2.75, 3.05) is 19.6 Å². The van der Waals surface area contributed by atoms with E-state index in [0.29, 0.717) is 25.1 Å². The summed E-state index contributed by atoms with van der Waals surface area (Å²) in [6, 6.07) is 9.40. The lowest BCUT2D eigenvalue weighted by atomic mass is 9.75. The van der Waals surface area contributed by atoms with Gasteiger partial charge < -0.3 is 15.5 Å². The summed E-state index contributed by atoms with van der Waals surface area (Å²) in [6.45, 7) is 3.57. The minimum atomic E-state index is -0.589. The van der Waals surface area contributed by atoms with Crippen LogP contribution < -0.4 is 16.0 Å². The smallest absolute Gasteiger partial charge is 0.255 e. The summed E-state index contributed by atoms with van der Waals surface area (Å²) in [5, 5.41) is 9.26. The van der Waals surface area contributed by atoms with Gasteiger partial charge in [-0.3, -0.25) is 24.7 Å². The molecule has 2 fully saturated rings. The predicted octanol–water partition coefficient (Wildman–Crippen LogP) is 0.473. The van der Waals surface area contributed by atoms with Gasteiger partial charge in [-0.2, -0.15) is 0 Å². The number of nitrogens with one attached hydrogen (secondary N) is 3. The first-order valence-electron chi connectivity index (χ1n) is 10.6. The Morgan fingerprint density at radius 3 is 2.65 bits per heavy atom. The third-order valence-electron chi connectivity index (χ3n) is 6.64. The van der Waals surface area contributed by atoms with Crippen molar-refractivity contribution in [3.8, 4) is 0 Å². The first-order chi connectivity index (χ1) is 15.1. The predicted molar refractivity (Wildman–Crippen MR) is 113 cm³/mol. The fourth-order valence-electron chi connectivity index (χ4n) is 4.84. The van der Waals surface area contributed by atoms with Crippen LogP contribution in [0.3, 0.4) is 0 Å². The maximum absolute atomic E-state index is 13.2. The van der Waals surface area contributed by atoms with E-state index < -0.39 is 6.04 Å². The Morgan fingerprint density at radius 1 is 1.13 bits per heavy atom. The number of hydrogen-bond donors (Lipinski definition) is 3. The Labute approximate surface area is 180 Å². The third-order valence-corrected chi connectivity index (χ3v) is 6.64. The Hall–Kier alpha value is -3.10. The maximum Gasteiger partial charge on any atom is 0.255 e. The molecule has 160 valence electrons. The zero-order valence-electron chi connectivity index (χ0n) is 17.2. The van der Waals surface area contributed by atoms with Gasteiger partial charge in [0.2, 0.25) is 11.8 Å². The number of hydrogen-bond acceptors (Lipinski definition) is 6. The van der Waals surface area contributed by atoms with Crippen molar-refractivity contribution >= 4 is 17.7 Å². The Bertz CT molecular complexity index is 1030. The molecule has 0 aliphatic carbocycles. The van der Waals surface area contributed by atoms with Crippen LogP contribution in [0.1, 0.15) is 39.9 Å². The van der Waals surface area contributed by atoms with Crippen LogP contribution in [0.4, 0.5) is 0 Å². The van der Waals surface area contributed by atoms with Crippen LogP contribution in [0.5, 0.6) is 0 Å². The van der Waals surface area contributed by atoms with Crippen molar-refractivity contribution in [3.05, 3.63) is 65.0 Å². The van der Waals surface area contributed by atoms with E-state index in [-0.39, 0.29) is 29.6 Å². The molecule has 8 nitrogen and oxygen atoms in total. The van der Waals surface area contributed by atoms with Crippen LogP contribution in [0.25, 0.3) is 0 Å². The van der Waals surface area contributed by atoms with Crippen LogP contribution in [0, 0.1) is 0 Å². The van der Waals surface area contributed by atoms with Crippen LogP contribution >= 0.6 is 0 Å². The van der Waals surface area contributed by atoms with E-state index in [1.54, 1.807) is 4.90 Å². The molecule has 3 amide bonds. The second-order valence-electron chi connectivity index (χ2n) is 8.57. The van der Waals surface area contributed by atoms with Gasteiger partial charge in [0, 0.05) is 62.5 Å². The maximum atomic E-state index is 13.2. The number of carbonyl (C=O) groups excluding carboxylic acids is 3. The summed E-state index contributed by atoms with van der Waals surface area (Å²) in [6.07, 6.45) is 4.28. The molecule has 8 heteroatoms. The van der Waals surface area contributed by atoms with E-state index in [0.717, 1.165) is 30.8 Å². The number of nitrogens with zero attached hydrogens (tertiary/aromatic N) is 2. The normalized spacial score (nSPS) is 22.1. The Kier molecular flexibility index (Phi) is 5.03. The summed E-state index contributed by atoms with van der Waals surface area (Å²) >= 11 is 0. The molecule has 1 aromatic heterocycles. The number of piperidine rings is 1. The zero-order chi connectivity index (χ0) is 21.4. The highest BCUT2D eigenvalue weighted by atomic mass is 16.2. The molecular weight excluding hydrogens is 394 g/mol. The first-order valence-corrected chi connectivity index (χ1v) is 10.6. The van der Waals surface area contributed by atoms with Crippen LogP contribution in [0.15, 0.2) is 42.7 Å². The summed E-state index contributed by atoms with van der Waals surface area (Å²) in [5.74, 6) is -0.783. The monoisotopic (exact) mass is 419 g/mol. The van der Waals surface area contributed by atoms with Crippen molar-refractivity contribution in [3.63, 3.8) is 0 Å². The highest BCUT2D eigenvalue weighted by Gasteiger charge is 2.41. The molecule has 5 rings (SSSR count). The molecule has 2 aromatic rings. The molecule has 0 radical (unpaired) electrons. The van der Waals surface area contributed by atoms with E-state index in [4.69, 9.17) is 0 Å². The van der Waals surface area contributed by atoms with Gasteiger partial charge in [0.1, 0.15) is 6.04 Å². The number of fused-ring (bicyclic) bond motifs is 1. The van der Waals surface area contributed by atoms with Crippen LogP contribution in [0.2, 0.25) is 0 Å². The van der Waals surface area contributed by atoms with Gasteiger partial charge in [-0.1, -0.05) is 18.2 Å². The molecule has 3 aliphatic heterocycles. The van der Waals surface area contributed by atoms with Gasteiger partial charge in [0.25, 0.3) is 5.91 Å². The fraction of sp³-hybridized carbons (Fsp3) is 0.391. The minimum Gasteiger partial charge on any atom is -0.322 e. The second-order valence-corrected chi connectivity index (χ2v) is 8.57. The molecule has 1 aromatic carbocycles. The molecule has 2 saturated heterocycles. The van der Waals surface area contributed by atoms with Crippen LogP contribution in [-0.2, 0) is 28.1 Å². The molecule has 1 atom stereocenters. The topological polar surface area (TPSA) is 103 Å². The largest absolute Gasteiger partial charge is 0.322 e. The quantitative estimate of drug-likeness (QED) is 0.589. The number of benzene rings is 1. The second kappa shape index (κ2) is 7.86. The molecule has 0 saturated carbocycles. The third kappa shape index (κ3) is 3.51. The van der Waals surface area contributed by atoms with Crippen LogP contribution in [-0.4, -0.2) is 53.3 Å². The van der Waals surface area contributed by atoms with Crippen molar-refractivity contribution in [1.29, 1.82) is 0 Å². The Morgan fingerprint density at radius 2 is 1.94 bits per heavy atom. The van der Waals surface area contributed by atoms with Crippen molar-refractivity contribution in [1.82, 2.24) is 25.8 Å². The SMILES string of the molecule is O=C1CCC(N2Cc3cccc(CNCC4(c5ccncc5)CNC4)c3C2=O)C(=O)N1. The molecular formula is C23H25N5O3. The number of amides is 3. The van der Waals surface area contributed by atoms with Gasteiger partial charge in [-0.25, -0.2) is 0 Å². The van der Waals surface area contributed by atoms with E-state index in [2.05, 4.69) is 33.1 Å². The van der Waals surface area contributed by atoms with Gasteiger partial charge in [-0.15, -0.1) is 0 Å². The fourth-order valence-corrected chi connectivity index (χ4v) is 4.84. The highest BCUT2D eigenvalue weighted by Crippen LogP contribution is 2.31. The average molecular weight is 419 g/mol. The van der Waals surface area contributed by atoms with Gasteiger partial charge in [0.15, 0.2) is 0 Å². The lowest BCUT2D eigenvalue weighted by Crippen LogP contribution is -2.61. The first kappa shape index (κ1) is 19.8. The molecule has 3 aliphatic rings. The van der Waals surface area contributed by atoms with E-state index in [9.17, 15) is 14.4 Å². The molecule has 1 unspecified atom stereocenters. The number of aromatic nitrogens is 1. The molecule has 4 heterocycles. The minimum absolute atomic E-state index is 0.0314. The van der Waals surface area contributed by atoms with Crippen molar-refractivity contribution < 1.29 is 14.4 Å². The number of imide groups is 1. The molecule has 0 spiro atoms. The molecule has 0 bridgehead atoms. The average Bonchev–Trinajstić information content (AvgIpc) is 3.08. The molecule has 3 N–H and O–H groups in total. The summed E-state index contributed by atoms with van der Waals surface area (Å²) in [5.41, 5.74) is 3.85. The number of rotatable bonds is 6. The number of pyridine rings is 1. The van der Waals surface area contributed by atoms with E-state index >= 15 is 0 Å². The number of carbonyl (C=O) groups is 3. The summed E-state index contributed by atoms with van der Waals surface area (Å²) < 4.78 is 0. The van der Waals surface area contributed by atoms with Crippen molar-refractivity contribution in [2.24, 2.45) is 0 Å². The van der Waals surface area contributed by atoms with E-state index in [1.165, 1.54) is 5.56 Å². The summed E-state index contributed by atoms with van der Waals surface area (Å²) in [7, 11) is 0. The Balaban J connectivity index is 1.29. The standard InChI is InChI=1S/C23H25N5O3/c29-19-5-4-18(21(30)27-19)28-11-16-3-1-2-15(20(16)22(28)31)10-25-12-23(13-26-14-23)17-6-8-24-9-7-17/h1-3,6-9,18,25-26H,4-5,10-14H2,(H,27,29,30). The van der Waals surface area contributed by atoms with Crippen molar-refractivity contribution in [2.45, 2.75) is 37.4 Å². The van der Waals surface area contributed by atoms with E-state index in [1.807, 2.05) is 30.6 Å². The summed E-state index contributed by atoms with van der Waals surface area (Å²) in [4.78, 5) is 42.7. The van der Waals surface area contributed by atoms with Gasteiger partial charge in [0.05, 0.1) is 0 Å². The lowest BCUT2D eigenvalue weighted by Gasteiger charge is -2.43. The molecule has 31 heavy (non-hydrogen) atoms. The zero-order valence-corrected chi connectivity index (χ0v) is 17.2.